The maximum atomic E-state index is 12.0. The molecule has 0 spiro atoms. The summed E-state index contributed by atoms with van der Waals surface area (Å²) in [6, 6.07) is 8.83. The van der Waals surface area contributed by atoms with Gasteiger partial charge >= 0.3 is 5.97 Å². The van der Waals surface area contributed by atoms with E-state index in [1.807, 2.05) is 0 Å². The minimum Gasteiger partial charge on any atom is -0.452 e. The summed E-state index contributed by atoms with van der Waals surface area (Å²) in [6.45, 7) is -0.562. The third kappa shape index (κ3) is 4.29. The number of carbonyl (C=O) groups excluding carboxylic acids is 2. The van der Waals surface area contributed by atoms with E-state index in [-0.39, 0.29) is 16.9 Å². The fraction of sp³-hybridized carbons (Fsp3) is 0.133. The highest BCUT2D eigenvalue weighted by atomic mass is 32.2. The molecule has 0 atom stereocenters. The third-order valence-corrected chi connectivity index (χ3v) is 3.61. The number of pyridine rings is 1. The van der Waals surface area contributed by atoms with Crippen molar-refractivity contribution in [2.45, 2.75) is 5.03 Å². The molecule has 24 heavy (non-hydrogen) atoms. The minimum absolute atomic E-state index is 0.0368. The van der Waals surface area contributed by atoms with Crippen molar-refractivity contribution >= 4 is 35.0 Å². The topological polar surface area (TPSA) is 111 Å². The normalized spacial score (nSPS) is 10.0. The molecule has 0 fully saturated rings. The second-order valence-electron chi connectivity index (χ2n) is 4.46. The molecule has 1 aromatic carbocycles. The molecule has 0 aliphatic carbocycles. The van der Waals surface area contributed by atoms with Crippen LogP contribution >= 0.6 is 11.8 Å². The summed E-state index contributed by atoms with van der Waals surface area (Å²) in [5.74, 6) is -1.36. The van der Waals surface area contributed by atoms with Crippen molar-refractivity contribution in [2.75, 3.05) is 18.2 Å². The molecule has 0 saturated heterocycles. The van der Waals surface area contributed by atoms with Crippen LogP contribution in [0, 0.1) is 10.1 Å². The molecule has 2 aromatic rings. The van der Waals surface area contributed by atoms with Gasteiger partial charge in [0.25, 0.3) is 11.6 Å². The number of hydrogen-bond donors (Lipinski definition) is 1. The number of hydrogen-bond acceptors (Lipinski definition) is 7. The van der Waals surface area contributed by atoms with E-state index >= 15 is 0 Å². The number of benzene rings is 1. The number of amides is 1. The standard InChI is InChI=1S/C15H13N3O5S/c1-24-14-10(5-4-8-16-14)15(20)23-9-13(19)17-11-6-2-3-7-12(11)18(21)22/h2-8H,9H2,1H3,(H,17,19). The Morgan fingerprint density at radius 2 is 2.04 bits per heavy atom. The number of rotatable bonds is 6. The number of nitro benzene ring substituents is 1. The Kier molecular flexibility index (Phi) is 5.85. The number of aromatic nitrogens is 1. The van der Waals surface area contributed by atoms with Crippen LogP contribution in [0.2, 0.25) is 0 Å². The van der Waals surface area contributed by atoms with Crippen molar-refractivity contribution in [3.8, 4) is 0 Å². The number of ether oxygens (including phenoxy) is 1. The predicted molar refractivity (Wildman–Crippen MR) is 88.0 cm³/mol. The fourth-order valence-electron chi connectivity index (χ4n) is 1.84. The smallest absolute Gasteiger partial charge is 0.341 e. The first-order valence-electron chi connectivity index (χ1n) is 6.72. The molecule has 0 aliphatic heterocycles. The van der Waals surface area contributed by atoms with Crippen LogP contribution in [0.25, 0.3) is 0 Å². The SMILES string of the molecule is CSc1ncccc1C(=O)OCC(=O)Nc1ccccc1[N+](=O)[O-]. The number of anilines is 1. The molecule has 0 unspecified atom stereocenters. The summed E-state index contributed by atoms with van der Waals surface area (Å²) < 4.78 is 4.93. The van der Waals surface area contributed by atoms with Crippen LogP contribution < -0.4 is 5.32 Å². The van der Waals surface area contributed by atoms with Crippen molar-refractivity contribution in [3.63, 3.8) is 0 Å². The Morgan fingerprint density at radius 1 is 1.29 bits per heavy atom. The average Bonchev–Trinajstić information content (AvgIpc) is 2.59. The summed E-state index contributed by atoms with van der Waals surface area (Å²) in [5.41, 5.74) is 0.0485. The Balaban J connectivity index is 1.99. The van der Waals surface area contributed by atoms with Crippen molar-refractivity contribution in [3.05, 3.63) is 58.3 Å². The van der Waals surface area contributed by atoms with E-state index in [1.54, 1.807) is 30.7 Å². The number of carbonyl (C=O) groups is 2. The van der Waals surface area contributed by atoms with E-state index < -0.39 is 23.4 Å². The molecule has 0 bridgehead atoms. The molecule has 2 rings (SSSR count). The molecule has 0 aliphatic rings. The molecule has 124 valence electrons. The zero-order chi connectivity index (χ0) is 17.5. The first kappa shape index (κ1) is 17.4. The lowest BCUT2D eigenvalue weighted by molar-refractivity contribution is -0.383. The summed E-state index contributed by atoms with van der Waals surface area (Å²) in [6.07, 6.45) is 3.31. The predicted octanol–water partition coefficient (Wildman–Crippen LogP) is 2.51. The third-order valence-electron chi connectivity index (χ3n) is 2.89. The molecule has 0 radical (unpaired) electrons. The number of nitrogens with one attached hydrogen (secondary N) is 1. The Labute approximate surface area is 141 Å². The van der Waals surface area contributed by atoms with Gasteiger partial charge in [-0.15, -0.1) is 11.8 Å². The summed E-state index contributed by atoms with van der Waals surface area (Å²) in [7, 11) is 0. The fourth-order valence-corrected chi connectivity index (χ4v) is 2.38. The summed E-state index contributed by atoms with van der Waals surface area (Å²) in [4.78, 5) is 38.1. The Hall–Kier alpha value is -2.94. The summed E-state index contributed by atoms with van der Waals surface area (Å²) in [5, 5.41) is 13.7. The molecule has 1 aromatic heterocycles. The lowest BCUT2D eigenvalue weighted by Gasteiger charge is -2.08. The van der Waals surface area contributed by atoms with E-state index in [0.717, 1.165) is 0 Å². The van der Waals surface area contributed by atoms with Gasteiger partial charge in [0.1, 0.15) is 10.7 Å². The molecule has 1 N–H and O–H groups in total. The number of nitro groups is 1. The van der Waals surface area contributed by atoms with E-state index in [4.69, 9.17) is 4.74 Å². The van der Waals surface area contributed by atoms with Crippen LogP contribution in [0.1, 0.15) is 10.4 Å². The van der Waals surface area contributed by atoms with E-state index in [1.165, 1.54) is 30.0 Å². The first-order chi connectivity index (χ1) is 11.5. The van der Waals surface area contributed by atoms with Crippen LogP contribution in [0.3, 0.4) is 0 Å². The number of para-hydroxylation sites is 2. The summed E-state index contributed by atoms with van der Waals surface area (Å²) >= 11 is 1.28. The van der Waals surface area contributed by atoms with Gasteiger partial charge in [-0.1, -0.05) is 12.1 Å². The highest BCUT2D eigenvalue weighted by molar-refractivity contribution is 7.98. The molecule has 8 nitrogen and oxygen atoms in total. The molecule has 0 saturated carbocycles. The van der Waals surface area contributed by atoms with E-state index in [2.05, 4.69) is 10.3 Å². The van der Waals surface area contributed by atoms with E-state index in [9.17, 15) is 19.7 Å². The van der Waals surface area contributed by atoms with Crippen molar-refractivity contribution in [2.24, 2.45) is 0 Å². The number of nitrogens with zero attached hydrogens (tertiary/aromatic N) is 2. The van der Waals surface area contributed by atoms with Crippen molar-refractivity contribution in [1.82, 2.24) is 4.98 Å². The second kappa shape index (κ2) is 8.06. The Bertz CT molecular complexity index is 781. The zero-order valence-corrected chi connectivity index (χ0v) is 13.4. The van der Waals surface area contributed by atoms with Gasteiger partial charge in [0.2, 0.25) is 0 Å². The lowest BCUT2D eigenvalue weighted by atomic mass is 10.2. The first-order valence-corrected chi connectivity index (χ1v) is 7.94. The molecular formula is C15H13N3O5S. The van der Waals surface area contributed by atoms with Crippen molar-refractivity contribution < 1.29 is 19.2 Å². The van der Waals surface area contributed by atoms with Crippen LogP contribution in [0.5, 0.6) is 0 Å². The molecule has 1 heterocycles. The van der Waals surface area contributed by atoms with Gasteiger partial charge in [0.05, 0.1) is 10.5 Å². The van der Waals surface area contributed by atoms with Crippen LogP contribution in [-0.4, -0.2) is 34.6 Å². The molecule has 9 heteroatoms. The van der Waals surface area contributed by atoms with Gasteiger partial charge in [-0.25, -0.2) is 9.78 Å². The number of esters is 1. The Morgan fingerprint density at radius 3 is 2.75 bits per heavy atom. The van der Waals surface area contributed by atoms with Crippen LogP contribution in [0.4, 0.5) is 11.4 Å². The maximum Gasteiger partial charge on any atom is 0.341 e. The maximum absolute atomic E-state index is 12.0. The minimum atomic E-state index is -0.690. The molecule has 1 amide bonds. The monoisotopic (exact) mass is 347 g/mol. The van der Waals surface area contributed by atoms with Crippen molar-refractivity contribution in [1.29, 1.82) is 0 Å². The second-order valence-corrected chi connectivity index (χ2v) is 5.25. The quantitative estimate of drug-likeness (QED) is 0.370. The van der Waals surface area contributed by atoms with Gasteiger partial charge in [-0.05, 0) is 24.5 Å². The van der Waals surface area contributed by atoms with Gasteiger partial charge < -0.3 is 10.1 Å². The largest absolute Gasteiger partial charge is 0.452 e. The van der Waals surface area contributed by atoms with Gasteiger partial charge in [-0.3, -0.25) is 14.9 Å². The van der Waals surface area contributed by atoms with E-state index in [0.29, 0.717) is 5.03 Å². The molecular weight excluding hydrogens is 334 g/mol. The average molecular weight is 347 g/mol. The van der Waals surface area contributed by atoms with Crippen LogP contribution in [0.15, 0.2) is 47.6 Å². The highest BCUT2D eigenvalue weighted by Crippen LogP contribution is 2.23. The van der Waals surface area contributed by atoms with Gasteiger partial charge in [0, 0.05) is 12.3 Å². The van der Waals surface area contributed by atoms with Gasteiger partial charge in [0.15, 0.2) is 6.61 Å². The van der Waals surface area contributed by atoms with Gasteiger partial charge in [-0.2, -0.15) is 0 Å². The highest BCUT2D eigenvalue weighted by Gasteiger charge is 2.17. The zero-order valence-electron chi connectivity index (χ0n) is 12.6. The van der Waals surface area contributed by atoms with Crippen LogP contribution in [-0.2, 0) is 9.53 Å². The number of thioether (sulfide) groups is 1. The lowest BCUT2D eigenvalue weighted by Crippen LogP contribution is -2.21.